The van der Waals surface area contributed by atoms with Crippen molar-refractivity contribution in [2.75, 3.05) is 19.7 Å². The molecule has 0 amide bonds. The molecule has 0 aromatic heterocycles. The maximum atomic E-state index is 9.09. The van der Waals surface area contributed by atoms with Crippen molar-refractivity contribution in [1.29, 1.82) is 0 Å². The summed E-state index contributed by atoms with van der Waals surface area (Å²) < 4.78 is 0. The first-order valence-electron chi connectivity index (χ1n) is 5.19. The van der Waals surface area contributed by atoms with Crippen LogP contribution in [0.15, 0.2) is 0 Å². The van der Waals surface area contributed by atoms with E-state index in [1.165, 1.54) is 0 Å². The van der Waals surface area contributed by atoms with Gasteiger partial charge in [-0.1, -0.05) is 13.8 Å². The molecule has 3 nitrogen and oxygen atoms in total. The Labute approximate surface area is 80.7 Å². The summed E-state index contributed by atoms with van der Waals surface area (Å²) in [7, 11) is 0. The van der Waals surface area contributed by atoms with Gasteiger partial charge in [0.1, 0.15) is 0 Å². The molecule has 0 aliphatic heterocycles. The fourth-order valence-corrected chi connectivity index (χ4v) is 1.48. The highest BCUT2D eigenvalue weighted by Gasteiger charge is 2.41. The molecule has 1 atom stereocenters. The quantitative estimate of drug-likeness (QED) is 0.560. The number of nitrogens with one attached hydrogen (secondary N) is 1. The minimum absolute atomic E-state index is 0.0578. The molecule has 78 valence electrons. The molecular formula is C10H22N2O. The average molecular weight is 186 g/mol. The Bertz CT molecular complexity index is 155. The van der Waals surface area contributed by atoms with Gasteiger partial charge in [0.15, 0.2) is 0 Å². The standard InChI is InChI=1S/C10H22N2O/c1-8(2)9(5-11)6-12-10(7-13)3-4-10/h8-9,12-13H,3-7,11H2,1-2H3. The number of hydrogen-bond donors (Lipinski definition) is 3. The Morgan fingerprint density at radius 3 is 2.38 bits per heavy atom. The number of hydrogen-bond acceptors (Lipinski definition) is 3. The maximum absolute atomic E-state index is 9.09. The molecule has 1 aliphatic carbocycles. The zero-order valence-electron chi connectivity index (χ0n) is 8.71. The molecule has 0 aromatic rings. The Morgan fingerprint density at radius 2 is 2.08 bits per heavy atom. The lowest BCUT2D eigenvalue weighted by molar-refractivity contribution is 0.219. The lowest BCUT2D eigenvalue weighted by Crippen LogP contribution is -2.41. The van der Waals surface area contributed by atoms with E-state index in [9.17, 15) is 0 Å². The Balaban J connectivity index is 2.23. The highest BCUT2D eigenvalue weighted by Crippen LogP contribution is 2.34. The van der Waals surface area contributed by atoms with Crippen LogP contribution < -0.4 is 11.1 Å². The van der Waals surface area contributed by atoms with E-state index in [0.29, 0.717) is 11.8 Å². The van der Waals surface area contributed by atoms with Crippen molar-refractivity contribution in [3.8, 4) is 0 Å². The summed E-state index contributed by atoms with van der Waals surface area (Å²) >= 11 is 0. The Hall–Kier alpha value is -0.120. The van der Waals surface area contributed by atoms with Crippen LogP contribution in [0.4, 0.5) is 0 Å². The zero-order chi connectivity index (χ0) is 9.90. The van der Waals surface area contributed by atoms with E-state index in [2.05, 4.69) is 19.2 Å². The van der Waals surface area contributed by atoms with Gasteiger partial charge in [-0.3, -0.25) is 0 Å². The molecule has 0 heterocycles. The third-order valence-electron chi connectivity index (χ3n) is 3.14. The predicted octanol–water partition coefficient (Wildman–Crippen LogP) is 0.332. The normalized spacial score (nSPS) is 21.9. The average Bonchev–Trinajstić information content (AvgIpc) is 2.86. The fourth-order valence-electron chi connectivity index (χ4n) is 1.48. The van der Waals surface area contributed by atoms with Crippen LogP contribution in [0.2, 0.25) is 0 Å². The lowest BCUT2D eigenvalue weighted by Gasteiger charge is -2.23. The number of aliphatic hydroxyl groups is 1. The topological polar surface area (TPSA) is 58.3 Å². The summed E-state index contributed by atoms with van der Waals surface area (Å²) in [6.45, 7) is 6.32. The molecule has 1 unspecified atom stereocenters. The Morgan fingerprint density at radius 1 is 1.46 bits per heavy atom. The molecular weight excluding hydrogens is 164 g/mol. The second-order valence-corrected chi connectivity index (χ2v) is 4.56. The van der Waals surface area contributed by atoms with Crippen LogP contribution in [-0.2, 0) is 0 Å². The van der Waals surface area contributed by atoms with Crippen molar-refractivity contribution in [3.63, 3.8) is 0 Å². The lowest BCUT2D eigenvalue weighted by atomic mass is 9.95. The third-order valence-corrected chi connectivity index (χ3v) is 3.14. The fraction of sp³-hybridized carbons (Fsp3) is 1.00. The highest BCUT2D eigenvalue weighted by molar-refractivity contribution is 5.01. The first-order chi connectivity index (χ1) is 6.13. The second kappa shape index (κ2) is 4.40. The summed E-state index contributed by atoms with van der Waals surface area (Å²) in [6, 6.07) is 0. The van der Waals surface area contributed by atoms with Gasteiger partial charge < -0.3 is 16.2 Å². The van der Waals surface area contributed by atoms with Gasteiger partial charge in [-0.2, -0.15) is 0 Å². The van der Waals surface area contributed by atoms with Gasteiger partial charge in [0.05, 0.1) is 6.61 Å². The van der Waals surface area contributed by atoms with Crippen LogP contribution in [-0.4, -0.2) is 30.3 Å². The second-order valence-electron chi connectivity index (χ2n) is 4.56. The molecule has 0 saturated heterocycles. The van der Waals surface area contributed by atoms with Crippen LogP contribution in [0.1, 0.15) is 26.7 Å². The van der Waals surface area contributed by atoms with Gasteiger partial charge in [-0.25, -0.2) is 0 Å². The van der Waals surface area contributed by atoms with E-state index in [-0.39, 0.29) is 12.1 Å². The summed E-state index contributed by atoms with van der Waals surface area (Å²) in [5.74, 6) is 1.15. The monoisotopic (exact) mass is 186 g/mol. The van der Waals surface area contributed by atoms with Crippen molar-refractivity contribution in [2.45, 2.75) is 32.2 Å². The van der Waals surface area contributed by atoms with Crippen molar-refractivity contribution < 1.29 is 5.11 Å². The van der Waals surface area contributed by atoms with Crippen LogP contribution in [0.25, 0.3) is 0 Å². The Kier molecular flexibility index (Phi) is 3.71. The molecule has 1 rings (SSSR count). The first kappa shape index (κ1) is 11.0. The molecule has 0 aromatic carbocycles. The zero-order valence-corrected chi connectivity index (χ0v) is 8.71. The summed E-state index contributed by atoms with van der Waals surface area (Å²) in [5.41, 5.74) is 5.72. The van der Waals surface area contributed by atoms with Crippen molar-refractivity contribution in [1.82, 2.24) is 5.32 Å². The van der Waals surface area contributed by atoms with E-state index in [4.69, 9.17) is 10.8 Å². The molecule has 0 radical (unpaired) electrons. The highest BCUT2D eigenvalue weighted by atomic mass is 16.3. The predicted molar refractivity (Wildman–Crippen MR) is 54.4 cm³/mol. The molecule has 1 fully saturated rings. The third kappa shape index (κ3) is 2.93. The smallest absolute Gasteiger partial charge is 0.0613 e. The van der Waals surface area contributed by atoms with E-state index in [1.54, 1.807) is 0 Å². The molecule has 13 heavy (non-hydrogen) atoms. The van der Waals surface area contributed by atoms with Crippen LogP contribution >= 0.6 is 0 Å². The van der Waals surface area contributed by atoms with Crippen LogP contribution in [0, 0.1) is 11.8 Å². The molecule has 1 aliphatic rings. The van der Waals surface area contributed by atoms with Crippen molar-refractivity contribution in [2.24, 2.45) is 17.6 Å². The minimum atomic E-state index is 0.0578. The van der Waals surface area contributed by atoms with Crippen molar-refractivity contribution in [3.05, 3.63) is 0 Å². The summed E-state index contributed by atoms with van der Waals surface area (Å²) in [4.78, 5) is 0. The van der Waals surface area contributed by atoms with Crippen LogP contribution in [0.5, 0.6) is 0 Å². The molecule has 0 spiro atoms. The maximum Gasteiger partial charge on any atom is 0.0613 e. The van der Waals surface area contributed by atoms with E-state index in [1.807, 2.05) is 0 Å². The van der Waals surface area contributed by atoms with Gasteiger partial charge in [-0.05, 0) is 31.2 Å². The van der Waals surface area contributed by atoms with Gasteiger partial charge in [0.2, 0.25) is 0 Å². The molecule has 1 saturated carbocycles. The van der Waals surface area contributed by atoms with Gasteiger partial charge >= 0.3 is 0 Å². The van der Waals surface area contributed by atoms with E-state index >= 15 is 0 Å². The largest absolute Gasteiger partial charge is 0.394 e. The number of rotatable bonds is 6. The molecule has 4 N–H and O–H groups in total. The summed E-state index contributed by atoms with van der Waals surface area (Å²) in [5, 5.41) is 12.5. The van der Waals surface area contributed by atoms with Gasteiger partial charge in [0, 0.05) is 12.1 Å². The molecule has 0 bridgehead atoms. The number of aliphatic hydroxyl groups excluding tert-OH is 1. The van der Waals surface area contributed by atoms with Gasteiger partial charge in [-0.15, -0.1) is 0 Å². The van der Waals surface area contributed by atoms with Crippen LogP contribution in [0.3, 0.4) is 0 Å². The SMILES string of the molecule is CC(C)C(CN)CNC1(CO)CC1. The molecule has 3 heteroatoms. The van der Waals surface area contributed by atoms with Gasteiger partial charge in [0.25, 0.3) is 0 Å². The first-order valence-corrected chi connectivity index (χ1v) is 5.19. The van der Waals surface area contributed by atoms with E-state index < -0.39 is 0 Å². The number of nitrogens with two attached hydrogens (primary N) is 1. The summed E-state index contributed by atoms with van der Waals surface area (Å²) in [6.07, 6.45) is 2.22. The van der Waals surface area contributed by atoms with Crippen molar-refractivity contribution >= 4 is 0 Å². The minimum Gasteiger partial charge on any atom is -0.394 e. The van der Waals surface area contributed by atoms with E-state index in [0.717, 1.165) is 25.9 Å².